The minimum absolute atomic E-state index is 0.171. The normalized spacial score (nSPS) is 10.1. The molecule has 3 aromatic rings. The Balaban J connectivity index is 1.56. The largest absolute Gasteiger partial charge is 0.451 e. The Morgan fingerprint density at radius 2 is 2.12 bits per heavy atom. The lowest BCUT2D eigenvalue weighted by molar-refractivity contribution is -0.119. The maximum absolute atomic E-state index is 12.0. The molecular formula is C15H9N3O3S3. The molecule has 0 unspecified atom stereocenters. The number of carbonyl (C=O) groups is 2. The van der Waals surface area contributed by atoms with Crippen molar-refractivity contribution < 1.29 is 14.3 Å². The van der Waals surface area contributed by atoms with Gasteiger partial charge in [-0.1, -0.05) is 6.07 Å². The van der Waals surface area contributed by atoms with Gasteiger partial charge in [-0.25, -0.2) is 9.78 Å². The molecule has 6 nitrogen and oxygen atoms in total. The molecule has 3 heterocycles. The zero-order valence-corrected chi connectivity index (χ0v) is 14.5. The standard InChI is InChI=1S/C15H9N3O3S3/c16-6-9-3-5-23-13(9)18-12(19)7-21-15(20)10-8-24-14(17-10)11-2-1-4-22-11/h1-5,8H,7H2,(H,18,19). The molecular weight excluding hydrogens is 366 g/mol. The monoisotopic (exact) mass is 375 g/mol. The summed E-state index contributed by atoms with van der Waals surface area (Å²) in [6, 6.07) is 7.40. The van der Waals surface area contributed by atoms with Crippen molar-refractivity contribution in [2.75, 3.05) is 11.9 Å². The predicted molar refractivity (Wildman–Crippen MR) is 93.4 cm³/mol. The summed E-state index contributed by atoms with van der Waals surface area (Å²) in [6.45, 7) is -0.437. The van der Waals surface area contributed by atoms with E-state index in [-0.39, 0.29) is 5.69 Å². The van der Waals surface area contributed by atoms with E-state index in [0.29, 0.717) is 10.6 Å². The van der Waals surface area contributed by atoms with Crippen LogP contribution in [0.25, 0.3) is 9.88 Å². The topological polar surface area (TPSA) is 92.1 Å². The molecule has 0 saturated heterocycles. The lowest BCUT2D eigenvalue weighted by Crippen LogP contribution is -2.20. The van der Waals surface area contributed by atoms with Crippen LogP contribution in [0.1, 0.15) is 16.1 Å². The first-order valence-electron chi connectivity index (χ1n) is 6.61. The first-order chi connectivity index (χ1) is 11.7. The number of hydrogen-bond donors (Lipinski definition) is 1. The molecule has 120 valence electrons. The number of ether oxygens (including phenoxy) is 1. The van der Waals surface area contributed by atoms with E-state index in [1.54, 1.807) is 16.8 Å². The van der Waals surface area contributed by atoms with Crippen LogP contribution in [0.5, 0.6) is 0 Å². The molecule has 0 atom stereocenters. The summed E-state index contributed by atoms with van der Waals surface area (Å²) in [5, 5.41) is 17.8. The number of hydrogen-bond acceptors (Lipinski definition) is 8. The van der Waals surface area contributed by atoms with Gasteiger partial charge in [0.2, 0.25) is 0 Å². The van der Waals surface area contributed by atoms with Crippen molar-refractivity contribution in [1.82, 2.24) is 4.98 Å². The van der Waals surface area contributed by atoms with E-state index in [9.17, 15) is 9.59 Å². The summed E-state index contributed by atoms with van der Waals surface area (Å²) in [7, 11) is 0. The third-order valence-corrected chi connectivity index (χ3v) is 5.53. The van der Waals surface area contributed by atoms with Gasteiger partial charge in [-0.05, 0) is 22.9 Å². The average molecular weight is 375 g/mol. The number of carbonyl (C=O) groups excluding carboxylic acids is 2. The van der Waals surface area contributed by atoms with Crippen molar-refractivity contribution in [2.24, 2.45) is 0 Å². The number of nitrogens with zero attached hydrogens (tertiary/aromatic N) is 2. The van der Waals surface area contributed by atoms with Gasteiger partial charge in [0.25, 0.3) is 5.91 Å². The molecule has 24 heavy (non-hydrogen) atoms. The number of amides is 1. The quantitative estimate of drug-likeness (QED) is 0.688. The van der Waals surface area contributed by atoms with Crippen LogP contribution in [-0.2, 0) is 9.53 Å². The maximum atomic E-state index is 12.0. The van der Waals surface area contributed by atoms with Gasteiger partial charge in [0.15, 0.2) is 12.3 Å². The number of aromatic nitrogens is 1. The molecule has 0 aliphatic rings. The van der Waals surface area contributed by atoms with Crippen molar-refractivity contribution in [3.05, 3.63) is 45.6 Å². The number of nitriles is 1. The van der Waals surface area contributed by atoms with E-state index in [1.807, 2.05) is 23.6 Å². The molecule has 1 N–H and O–H groups in total. The SMILES string of the molecule is N#Cc1ccsc1NC(=O)COC(=O)c1csc(-c2cccs2)n1. The van der Waals surface area contributed by atoms with Crippen LogP contribution in [0.3, 0.4) is 0 Å². The number of anilines is 1. The number of rotatable bonds is 5. The highest BCUT2D eigenvalue weighted by Gasteiger charge is 2.16. The van der Waals surface area contributed by atoms with Gasteiger partial charge >= 0.3 is 5.97 Å². The van der Waals surface area contributed by atoms with E-state index in [4.69, 9.17) is 10.00 Å². The van der Waals surface area contributed by atoms with Crippen molar-refractivity contribution in [1.29, 1.82) is 5.26 Å². The molecule has 0 radical (unpaired) electrons. The molecule has 3 aromatic heterocycles. The third-order valence-electron chi connectivity index (χ3n) is 2.82. The van der Waals surface area contributed by atoms with E-state index in [2.05, 4.69) is 10.3 Å². The second-order valence-corrected chi connectivity index (χ2v) is 7.14. The summed E-state index contributed by atoms with van der Waals surface area (Å²) in [4.78, 5) is 28.9. The first-order valence-corrected chi connectivity index (χ1v) is 9.25. The second kappa shape index (κ2) is 7.35. The van der Waals surface area contributed by atoms with Gasteiger partial charge in [0.05, 0.1) is 10.4 Å². The van der Waals surface area contributed by atoms with E-state index in [0.717, 1.165) is 9.88 Å². The number of nitrogens with one attached hydrogen (secondary N) is 1. The molecule has 0 fully saturated rings. The molecule has 0 aliphatic heterocycles. The average Bonchev–Trinajstić information content (AvgIpc) is 3.31. The van der Waals surface area contributed by atoms with Crippen LogP contribution < -0.4 is 5.32 Å². The van der Waals surface area contributed by atoms with Crippen molar-refractivity contribution in [3.8, 4) is 16.0 Å². The Bertz CT molecular complexity index is 906. The van der Waals surface area contributed by atoms with Crippen molar-refractivity contribution in [3.63, 3.8) is 0 Å². The summed E-state index contributed by atoms with van der Waals surface area (Å²) in [6.07, 6.45) is 0. The molecule has 0 aliphatic carbocycles. The highest BCUT2D eigenvalue weighted by atomic mass is 32.1. The van der Waals surface area contributed by atoms with E-state index >= 15 is 0 Å². The van der Waals surface area contributed by atoms with Gasteiger partial charge in [-0.2, -0.15) is 5.26 Å². The summed E-state index contributed by atoms with van der Waals surface area (Å²) in [5.74, 6) is -1.16. The lowest BCUT2D eigenvalue weighted by Gasteiger charge is -2.04. The molecule has 9 heteroatoms. The lowest BCUT2D eigenvalue weighted by atomic mass is 10.3. The van der Waals surface area contributed by atoms with Crippen LogP contribution in [-0.4, -0.2) is 23.5 Å². The highest BCUT2D eigenvalue weighted by molar-refractivity contribution is 7.20. The van der Waals surface area contributed by atoms with Crippen LogP contribution in [0.4, 0.5) is 5.00 Å². The molecule has 1 amide bonds. The van der Waals surface area contributed by atoms with Crippen molar-refractivity contribution >= 4 is 50.9 Å². The zero-order valence-electron chi connectivity index (χ0n) is 12.0. The maximum Gasteiger partial charge on any atom is 0.358 e. The molecule has 0 spiro atoms. The van der Waals surface area contributed by atoms with Crippen LogP contribution in [0.2, 0.25) is 0 Å². The molecule has 3 rings (SSSR count). The first kappa shape index (κ1) is 16.3. The zero-order chi connectivity index (χ0) is 16.9. The Labute approximate surface area is 149 Å². The molecule has 0 saturated carbocycles. The van der Waals surface area contributed by atoms with Gasteiger partial charge in [0.1, 0.15) is 16.1 Å². The van der Waals surface area contributed by atoms with Crippen LogP contribution in [0.15, 0.2) is 34.3 Å². The third kappa shape index (κ3) is 3.68. The van der Waals surface area contributed by atoms with Crippen LogP contribution >= 0.6 is 34.0 Å². The fourth-order valence-electron chi connectivity index (χ4n) is 1.74. The number of thiophene rings is 2. The van der Waals surface area contributed by atoms with Gasteiger partial charge in [-0.3, -0.25) is 4.79 Å². The predicted octanol–water partition coefficient (Wildman–Crippen LogP) is 3.60. The van der Waals surface area contributed by atoms with Gasteiger partial charge < -0.3 is 10.1 Å². The summed E-state index contributed by atoms with van der Waals surface area (Å²) < 4.78 is 4.96. The Morgan fingerprint density at radius 3 is 2.88 bits per heavy atom. The Kier molecular flexibility index (Phi) is 5.00. The Morgan fingerprint density at radius 1 is 1.25 bits per heavy atom. The second-order valence-electron chi connectivity index (χ2n) is 4.41. The Hall–Kier alpha value is -2.54. The fraction of sp³-hybridized carbons (Fsp3) is 0.0667. The smallest absolute Gasteiger partial charge is 0.358 e. The van der Waals surface area contributed by atoms with Gasteiger partial charge in [-0.15, -0.1) is 34.0 Å². The minimum Gasteiger partial charge on any atom is -0.451 e. The summed E-state index contributed by atoms with van der Waals surface area (Å²) >= 11 is 4.10. The highest BCUT2D eigenvalue weighted by Crippen LogP contribution is 2.28. The molecule has 0 bridgehead atoms. The van der Waals surface area contributed by atoms with Crippen LogP contribution in [0, 0.1) is 11.3 Å². The fourth-order valence-corrected chi connectivity index (χ4v) is 4.10. The number of thiazole rings is 1. The van der Waals surface area contributed by atoms with Gasteiger partial charge in [0, 0.05) is 5.38 Å². The minimum atomic E-state index is -0.657. The number of esters is 1. The molecule has 0 aromatic carbocycles. The van der Waals surface area contributed by atoms with E-state index in [1.165, 1.54) is 34.0 Å². The summed E-state index contributed by atoms with van der Waals surface area (Å²) in [5.41, 5.74) is 0.546. The van der Waals surface area contributed by atoms with E-state index < -0.39 is 18.5 Å². The van der Waals surface area contributed by atoms with Crippen molar-refractivity contribution in [2.45, 2.75) is 0 Å².